The normalized spacial score (nSPS) is 10.8. The first-order chi connectivity index (χ1) is 13.6. The molecule has 0 unspecified atom stereocenters. The minimum atomic E-state index is -0.0959. The van der Waals surface area contributed by atoms with Crippen LogP contribution in [0, 0.1) is 0 Å². The third-order valence-electron chi connectivity index (χ3n) is 4.35. The first-order valence-electron chi connectivity index (χ1n) is 8.80. The van der Waals surface area contributed by atoms with Gasteiger partial charge in [-0.15, -0.1) is 0 Å². The number of aliphatic hydroxyl groups is 1. The molecule has 0 spiro atoms. The average Bonchev–Trinajstić information content (AvgIpc) is 3.13. The molecule has 0 bridgehead atoms. The molecule has 0 saturated carbocycles. The number of hydrogen-bond donors (Lipinski definition) is 1. The third kappa shape index (κ3) is 5.16. The molecular weight excluding hydrogens is 396 g/mol. The number of nitrogens with zero attached hydrogens (tertiary/aromatic N) is 2. The Morgan fingerprint density at radius 1 is 1.18 bits per heavy atom. The van der Waals surface area contributed by atoms with Crippen LogP contribution in [0.15, 0.2) is 59.9 Å². The molecule has 0 aliphatic heterocycles. The van der Waals surface area contributed by atoms with E-state index < -0.39 is 0 Å². The van der Waals surface area contributed by atoms with Crippen LogP contribution in [0.25, 0.3) is 0 Å². The molecule has 0 atom stereocenters. The van der Waals surface area contributed by atoms with Gasteiger partial charge >= 0.3 is 0 Å². The Bertz CT molecular complexity index is 924. The minimum absolute atomic E-state index is 0.0110. The third-order valence-corrected chi connectivity index (χ3v) is 5.59. The topological polar surface area (TPSA) is 64.3 Å². The summed E-state index contributed by atoms with van der Waals surface area (Å²) in [5.74, 6) is 1.10. The van der Waals surface area contributed by atoms with E-state index in [-0.39, 0.29) is 18.1 Å². The molecule has 7 heteroatoms. The van der Waals surface area contributed by atoms with E-state index in [1.165, 1.54) is 11.8 Å². The summed E-state index contributed by atoms with van der Waals surface area (Å²) in [6, 6.07) is 14.8. The highest BCUT2D eigenvalue weighted by atomic mass is 35.5. The SMILES string of the molecule is COc1ccc(CCn2c(CO)cnc2SCC(=O)c2ccc(Cl)cc2)cc1. The summed E-state index contributed by atoms with van der Waals surface area (Å²) in [5.41, 5.74) is 2.51. The standard InChI is InChI=1S/C21H21ClN2O3S/c1-27-19-8-2-15(3-9-19)10-11-24-18(13-25)12-23-21(24)28-14-20(26)16-4-6-17(22)7-5-16/h2-9,12,25H,10-11,13-14H2,1H3. The number of benzene rings is 2. The van der Waals surface area contributed by atoms with Crippen molar-refractivity contribution >= 4 is 29.1 Å². The van der Waals surface area contributed by atoms with E-state index in [0.29, 0.717) is 17.1 Å². The molecule has 1 N–H and O–H groups in total. The van der Waals surface area contributed by atoms with Crippen LogP contribution in [0.3, 0.4) is 0 Å². The van der Waals surface area contributed by atoms with Gasteiger partial charge in [0, 0.05) is 17.1 Å². The Balaban J connectivity index is 1.65. The quantitative estimate of drug-likeness (QED) is 0.417. The van der Waals surface area contributed by atoms with E-state index in [1.54, 1.807) is 37.6 Å². The largest absolute Gasteiger partial charge is 0.497 e. The van der Waals surface area contributed by atoms with Gasteiger partial charge in [0.05, 0.1) is 31.4 Å². The number of methoxy groups -OCH3 is 1. The van der Waals surface area contributed by atoms with Crippen LogP contribution in [0.4, 0.5) is 0 Å². The molecule has 3 rings (SSSR count). The number of aryl methyl sites for hydroxylation is 1. The summed E-state index contributed by atoms with van der Waals surface area (Å²) in [5, 5.41) is 10.9. The van der Waals surface area contributed by atoms with E-state index in [9.17, 15) is 9.90 Å². The monoisotopic (exact) mass is 416 g/mol. The zero-order valence-corrected chi connectivity index (χ0v) is 17.0. The Hall–Kier alpha value is -2.28. The van der Waals surface area contributed by atoms with Crippen molar-refractivity contribution < 1.29 is 14.6 Å². The molecule has 0 aliphatic carbocycles. The van der Waals surface area contributed by atoms with Gasteiger partial charge < -0.3 is 14.4 Å². The van der Waals surface area contributed by atoms with Crippen molar-refractivity contribution in [2.75, 3.05) is 12.9 Å². The average molecular weight is 417 g/mol. The summed E-state index contributed by atoms with van der Waals surface area (Å²) in [6.07, 6.45) is 2.44. The van der Waals surface area contributed by atoms with Gasteiger partial charge in [-0.1, -0.05) is 35.5 Å². The van der Waals surface area contributed by atoms with E-state index >= 15 is 0 Å². The summed E-state index contributed by atoms with van der Waals surface area (Å²) in [4.78, 5) is 16.8. The Labute approximate surface area is 173 Å². The van der Waals surface area contributed by atoms with Crippen LogP contribution >= 0.6 is 23.4 Å². The van der Waals surface area contributed by atoms with Crippen molar-refractivity contribution in [2.24, 2.45) is 0 Å². The van der Waals surface area contributed by atoms with Crippen molar-refractivity contribution in [3.8, 4) is 5.75 Å². The molecule has 146 valence electrons. The highest BCUT2D eigenvalue weighted by molar-refractivity contribution is 7.99. The van der Waals surface area contributed by atoms with Gasteiger partial charge in [0.2, 0.25) is 0 Å². The van der Waals surface area contributed by atoms with Gasteiger partial charge in [-0.05, 0) is 48.4 Å². The van der Waals surface area contributed by atoms with Crippen LogP contribution in [-0.4, -0.2) is 33.3 Å². The zero-order chi connectivity index (χ0) is 19.9. The fourth-order valence-electron chi connectivity index (χ4n) is 2.75. The lowest BCUT2D eigenvalue weighted by Gasteiger charge is -2.11. The Morgan fingerprint density at radius 2 is 1.89 bits per heavy atom. The molecule has 0 amide bonds. The van der Waals surface area contributed by atoms with E-state index in [1.807, 2.05) is 28.8 Å². The molecule has 0 aliphatic rings. The van der Waals surface area contributed by atoms with Crippen LogP contribution in [0.2, 0.25) is 5.02 Å². The lowest BCUT2D eigenvalue weighted by Crippen LogP contribution is -2.09. The van der Waals surface area contributed by atoms with Gasteiger partial charge in [0.25, 0.3) is 0 Å². The number of aliphatic hydroxyl groups excluding tert-OH is 1. The van der Waals surface area contributed by atoms with E-state index in [0.717, 1.165) is 28.6 Å². The predicted octanol–water partition coefficient (Wildman–Crippen LogP) is 4.26. The molecule has 2 aromatic carbocycles. The lowest BCUT2D eigenvalue weighted by molar-refractivity contribution is 0.102. The molecule has 28 heavy (non-hydrogen) atoms. The summed E-state index contributed by atoms with van der Waals surface area (Å²) < 4.78 is 7.14. The van der Waals surface area contributed by atoms with Crippen LogP contribution in [-0.2, 0) is 19.6 Å². The van der Waals surface area contributed by atoms with Crippen LogP contribution < -0.4 is 4.74 Å². The van der Waals surface area contributed by atoms with Crippen LogP contribution in [0.5, 0.6) is 5.75 Å². The zero-order valence-electron chi connectivity index (χ0n) is 15.5. The van der Waals surface area contributed by atoms with Gasteiger partial charge in [0.15, 0.2) is 10.9 Å². The van der Waals surface area contributed by atoms with Gasteiger partial charge in [0.1, 0.15) is 5.75 Å². The number of ether oxygens (including phenoxy) is 1. The summed E-state index contributed by atoms with van der Waals surface area (Å²) >= 11 is 7.24. The van der Waals surface area contributed by atoms with Crippen molar-refractivity contribution in [1.82, 2.24) is 9.55 Å². The number of imidazole rings is 1. The summed E-state index contributed by atoms with van der Waals surface area (Å²) in [6.45, 7) is 0.570. The fraction of sp³-hybridized carbons (Fsp3) is 0.238. The van der Waals surface area contributed by atoms with Gasteiger partial charge in [-0.2, -0.15) is 0 Å². The lowest BCUT2D eigenvalue weighted by atomic mass is 10.1. The maximum atomic E-state index is 12.4. The molecule has 3 aromatic rings. The maximum Gasteiger partial charge on any atom is 0.173 e. The van der Waals surface area contributed by atoms with Crippen molar-refractivity contribution in [2.45, 2.75) is 24.7 Å². The van der Waals surface area contributed by atoms with Crippen molar-refractivity contribution in [3.05, 3.63) is 76.6 Å². The number of carbonyl (C=O) groups is 1. The molecule has 1 aromatic heterocycles. The van der Waals surface area contributed by atoms with Gasteiger partial charge in [-0.3, -0.25) is 4.79 Å². The number of hydrogen-bond acceptors (Lipinski definition) is 5. The Morgan fingerprint density at radius 3 is 2.54 bits per heavy atom. The smallest absolute Gasteiger partial charge is 0.173 e. The second kappa shape index (κ2) is 9.78. The fourth-order valence-corrected chi connectivity index (χ4v) is 3.80. The molecule has 5 nitrogen and oxygen atoms in total. The number of carbonyl (C=O) groups excluding carboxylic acids is 1. The number of ketones is 1. The second-order valence-electron chi connectivity index (χ2n) is 6.16. The van der Waals surface area contributed by atoms with E-state index in [2.05, 4.69) is 4.98 Å². The summed E-state index contributed by atoms with van der Waals surface area (Å²) in [7, 11) is 1.64. The highest BCUT2D eigenvalue weighted by Gasteiger charge is 2.13. The van der Waals surface area contributed by atoms with Gasteiger partial charge in [-0.25, -0.2) is 4.98 Å². The second-order valence-corrected chi connectivity index (χ2v) is 7.54. The molecule has 0 fully saturated rings. The molecular formula is C21H21ClN2O3S. The van der Waals surface area contributed by atoms with Crippen molar-refractivity contribution in [1.29, 1.82) is 0 Å². The Kier molecular flexibility index (Phi) is 7.14. The predicted molar refractivity (Wildman–Crippen MR) is 111 cm³/mol. The minimum Gasteiger partial charge on any atom is -0.497 e. The molecule has 0 radical (unpaired) electrons. The molecule has 0 saturated heterocycles. The van der Waals surface area contributed by atoms with Crippen molar-refractivity contribution in [3.63, 3.8) is 0 Å². The van der Waals surface area contributed by atoms with E-state index in [4.69, 9.17) is 16.3 Å². The molecule has 1 heterocycles. The maximum absolute atomic E-state index is 12.4. The number of aromatic nitrogens is 2. The first kappa shape index (κ1) is 20.5. The first-order valence-corrected chi connectivity index (χ1v) is 10.2. The van der Waals surface area contributed by atoms with Crippen LogP contribution in [0.1, 0.15) is 21.6 Å². The highest BCUT2D eigenvalue weighted by Crippen LogP contribution is 2.22. The number of rotatable bonds is 9. The number of thioether (sulfide) groups is 1. The number of Topliss-reactive ketones (excluding diaryl/α,β-unsaturated/α-hetero) is 1. The number of halogens is 1.